The van der Waals surface area contributed by atoms with Crippen LogP contribution in [0.4, 0.5) is 5.69 Å². The zero-order valence-electron chi connectivity index (χ0n) is 18.5. The zero-order valence-corrected chi connectivity index (χ0v) is 18.5. The molecule has 0 saturated carbocycles. The Labute approximate surface area is 189 Å². The van der Waals surface area contributed by atoms with Crippen LogP contribution in [0.2, 0.25) is 0 Å². The summed E-state index contributed by atoms with van der Waals surface area (Å²) in [4.78, 5) is 13.9. The maximum Gasteiger partial charge on any atom is 0.200 e. The van der Waals surface area contributed by atoms with Crippen LogP contribution in [-0.2, 0) is 6.42 Å². The lowest BCUT2D eigenvalue weighted by molar-refractivity contribution is -0.0229. The highest BCUT2D eigenvalue weighted by Crippen LogP contribution is 2.45. The molecule has 0 amide bonds. The monoisotopic (exact) mass is 451 g/mol. The summed E-state index contributed by atoms with van der Waals surface area (Å²) in [6.45, 7) is 3.34. The molecule has 172 valence electrons. The van der Waals surface area contributed by atoms with Crippen LogP contribution >= 0.6 is 0 Å². The van der Waals surface area contributed by atoms with Crippen molar-refractivity contribution in [3.63, 3.8) is 0 Å². The third-order valence-corrected chi connectivity index (χ3v) is 6.38. The summed E-state index contributed by atoms with van der Waals surface area (Å²) in [5.41, 5.74) is 3.30. The standard InChI is InChI=1S/C25H25NO7/c1-25(2,29)19-10-15-17(32-19)11-18-21(23(15)31-3)22(28)20-14(8-9-16(27)24(20)33-18)12-4-6-13(26-30)7-5-12/h4-9,11,14,16,19,26-27,29-30H,10H2,1-3H3/t14-,16-,19-/m0/s1. The van der Waals surface area contributed by atoms with Crippen molar-refractivity contribution in [2.24, 2.45) is 0 Å². The van der Waals surface area contributed by atoms with Gasteiger partial charge in [0.1, 0.15) is 40.4 Å². The van der Waals surface area contributed by atoms with E-state index in [0.29, 0.717) is 34.7 Å². The first kappa shape index (κ1) is 21.5. The van der Waals surface area contributed by atoms with E-state index in [9.17, 15) is 15.0 Å². The molecule has 2 aromatic carbocycles. The molecule has 8 heteroatoms. The van der Waals surface area contributed by atoms with Gasteiger partial charge in [0.2, 0.25) is 5.43 Å². The number of aliphatic hydroxyl groups is 2. The molecule has 5 rings (SSSR count). The van der Waals surface area contributed by atoms with Crippen molar-refractivity contribution in [3.8, 4) is 11.5 Å². The summed E-state index contributed by atoms with van der Waals surface area (Å²) in [5, 5.41) is 30.4. The Morgan fingerprint density at radius 2 is 1.91 bits per heavy atom. The fourth-order valence-corrected chi connectivity index (χ4v) is 4.62. The average Bonchev–Trinajstić information content (AvgIpc) is 3.23. The predicted octanol–water partition coefficient (Wildman–Crippen LogP) is 3.41. The second-order valence-corrected chi connectivity index (χ2v) is 8.97. The number of anilines is 1. The van der Waals surface area contributed by atoms with Crippen LogP contribution in [0, 0.1) is 0 Å². The van der Waals surface area contributed by atoms with E-state index < -0.39 is 23.7 Å². The number of methoxy groups -OCH3 is 1. The fourth-order valence-electron chi connectivity index (χ4n) is 4.62. The molecule has 2 aliphatic rings. The summed E-state index contributed by atoms with van der Waals surface area (Å²) >= 11 is 0. The first-order valence-electron chi connectivity index (χ1n) is 10.7. The van der Waals surface area contributed by atoms with Gasteiger partial charge in [0.25, 0.3) is 0 Å². The number of hydrogen-bond donors (Lipinski definition) is 4. The summed E-state index contributed by atoms with van der Waals surface area (Å²) in [6, 6.07) is 8.60. The second-order valence-electron chi connectivity index (χ2n) is 8.97. The highest BCUT2D eigenvalue weighted by Gasteiger charge is 2.39. The smallest absolute Gasteiger partial charge is 0.200 e. The van der Waals surface area contributed by atoms with Gasteiger partial charge < -0.3 is 24.1 Å². The Morgan fingerprint density at radius 1 is 1.18 bits per heavy atom. The highest BCUT2D eigenvalue weighted by molar-refractivity contribution is 5.88. The van der Waals surface area contributed by atoms with Gasteiger partial charge in [-0.05, 0) is 31.5 Å². The average molecular weight is 451 g/mol. The third-order valence-electron chi connectivity index (χ3n) is 6.38. The van der Waals surface area contributed by atoms with E-state index in [0.717, 1.165) is 5.56 Å². The van der Waals surface area contributed by atoms with Gasteiger partial charge in [-0.25, -0.2) is 0 Å². The van der Waals surface area contributed by atoms with Gasteiger partial charge >= 0.3 is 0 Å². The first-order valence-corrected chi connectivity index (χ1v) is 10.7. The minimum Gasteiger partial charge on any atom is -0.495 e. The van der Waals surface area contributed by atoms with E-state index in [4.69, 9.17) is 19.1 Å². The lowest BCUT2D eigenvalue weighted by Crippen LogP contribution is -2.39. The van der Waals surface area contributed by atoms with E-state index in [-0.39, 0.29) is 22.2 Å². The number of benzene rings is 2. The minimum absolute atomic E-state index is 0.170. The number of hydrogen-bond acceptors (Lipinski definition) is 8. The number of aliphatic hydroxyl groups excluding tert-OH is 1. The van der Waals surface area contributed by atoms with E-state index in [2.05, 4.69) is 5.48 Å². The molecule has 0 fully saturated rings. The maximum atomic E-state index is 13.9. The largest absolute Gasteiger partial charge is 0.495 e. The fraction of sp³-hybridized carbons (Fsp3) is 0.320. The molecule has 0 bridgehead atoms. The predicted molar refractivity (Wildman–Crippen MR) is 121 cm³/mol. The van der Waals surface area contributed by atoms with Gasteiger partial charge in [0.15, 0.2) is 0 Å². The normalized spacial score (nSPS) is 21.5. The van der Waals surface area contributed by atoms with Crippen molar-refractivity contribution in [2.45, 2.75) is 44.0 Å². The van der Waals surface area contributed by atoms with Gasteiger partial charge in [0, 0.05) is 24.0 Å². The van der Waals surface area contributed by atoms with Crippen molar-refractivity contribution in [3.05, 3.63) is 75.2 Å². The topological polar surface area (TPSA) is 121 Å². The van der Waals surface area contributed by atoms with Crippen molar-refractivity contribution in [1.29, 1.82) is 0 Å². The van der Waals surface area contributed by atoms with E-state index in [1.165, 1.54) is 7.11 Å². The van der Waals surface area contributed by atoms with E-state index in [1.807, 2.05) is 0 Å². The second kappa shape index (κ2) is 7.62. The molecule has 1 aliphatic carbocycles. The van der Waals surface area contributed by atoms with Crippen molar-refractivity contribution in [1.82, 2.24) is 0 Å². The molecule has 4 N–H and O–H groups in total. The Balaban J connectivity index is 1.73. The van der Waals surface area contributed by atoms with E-state index in [1.54, 1.807) is 56.3 Å². The van der Waals surface area contributed by atoms with Gasteiger partial charge in [-0.3, -0.25) is 15.5 Å². The molecule has 3 atom stereocenters. The van der Waals surface area contributed by atoms with Crippen LogP contribution in [0.5, 0.6) is 11.5 Å². The van der Waals surface area contributed by atoms with Crippen molar-refractivity contribution < 1.29 is 29.3 Å². The van der Waals surface area contributed by atoms with Crippen LogP contribution in [-0.4, -0.2) is 34.2 Å². The highest BCUT2D eigenvalue weighted by atomic mass is 16.5. The van der Waals surface area contributed by atoms with Gasteiger partial charge in [-0.1, -0.05) is 24.3 Å². The molecule has 1 aromatic heterocycles. The number of allylic oxidation sites excluding steroid dienone is 1. The number of ether oxygens (including phenoxy) is 2. The molecule has 3 aromatic rings. The maximum absolute atomic E-state index is 13.9. The quantitative estimate of drug-likeness (QED) is 0.352. The Hall–Kier alpha value is -3.33. The third kappa shape index (κ3) is 3.38. The summed E-state index contributed by atoms with van der Waals surface area (Å²) in [7, 11) is 1.48. The molecule has 1 aliphatic heterocycles. The number of rotatable bonds is 4. The lowest BCUT2D eigenvalue weighted by Gasteiger charge is -2.24. The SMILES string of the molecule is COc1c2c(cc3oc4c(c(=O)c13)[C@H](c1ccc(NO)cc1)C=C[C@@H]4O)O[C@H](C(C)(C)O)C2. The number of nitrogens with one attached hydrogen (secondary N) is 1. The molecule has 0 radical (unpaired) electrons. The summed E-state index contributed by atoms with van der Waals surface area (Å²) in [6.07, 6.45) is 2.17. The molecule has 8 nitrogen and oxygen atoms in total. The molecular formula is C25H25NO7. The van der Waals surface area contributed by atoms with Crippen LogP contribution in [0.15, 0.2) is 51.7 Å². The molecular weight excluding hydrogens is 426 g/mol. The molecule has 33 heavy (non-hydrogen) atoms. The summed E-state index contributed by atoms with van der Waals surface area (Å²) in [5.74, 6) is 0.561. The van der Waals surface area contributed by atoms with Crippen LogP contribution in [0.3, 0.4) is 0 Å². The van der Waals surface area contributed by atoms with Gasteiger partial charge in [0.05, 0.1) is 24.0 Å². The molecule has 0 saturated heterocycles. The van der Waals surface area contributed by atoms with Crippen molar-refractivity contribution in [2.75, 3.05) is 12.6 Å². The zero-order chi connectivity index (χ0) is 23.5. The lowest BCUT2D eigenvalue weighted by atomic mass is 9.84. The van der Waals surface area contributed by atoms with E-state index >= 15 is 0 Å². The molecule has 2 heterocycles. The van der Waals surface area contributed by atoms with Crippen LogP contribution < -0.4 is 20.4 Å². The van der Waals surface area contributed by atoms with Crippen LogP contribution in [0.25, 0.3) is 11.0 Å². The van der Waals surface area contributed by atoms with Crippen molar-refractivity contribution >= 4 is 16.7 Å². The van der Waals surface area contributed by atoms with Crippen LogP contribution in [0.1, 0.15) is 48.3 Å². The Morgan fingerprint density at radius 3 is 2.55 bits per heavy atom. The minimum atomic E-state index is -1.09. The van der Waals surface area contributed by atoms with Gasteiger partial charge in [-0.2, -0.15) is 0 Å². The molecule has 0 spiro atoms. The molecule has 0 unspecified atom stereocenters. The Bertz CT molecular complexity index is 1320. The number of fused-ring (bicyclic) bond motifs is 3. The van der Waals surface area contributed by atoms with Gasteiger partial charge in [-0.15, -0.1) is 0 Å². The summed E-state index contributed by atoms with van der Waals surface area (Å²) < 4.78 is 17.7. The first-order chi connectivity index (χ1) is 15.7. The Kier molecular flexibility index (Phi) is 4.97.